The second kappa shape index (κ2) is 8.74. The molecule has 0 aromatic rings. The van der Waals surface area contributed by atoms with Gasteiger partial charge in [-0.1, -0.05) is 19.8 Å². The highest BCUT2D eigenvalue weighted by Crippen LogP contribution is 2.17. The number of hydrogen-bond acceptors (Lipinski definition) is 3. The van der Waals surface area contributed by atoms with Gasteiger partial charge in [-0.05, 0) is 31.3 Å². The fraction of sp³-hybridized carbons (Fsp3) is 0.733. The molecule has 0 aliphatic carbocycles. The zero-order chi connectivity index (χ0) is 15.0. The third kappa shape index (κ3) is 5.74. The fourth-order valence-corrected chi connectivity index (χ4v) is 2.37. The van der Waals surface area contributed by atoms with Crippen molar-refractivity contribution in [3.8, 4) is 0 Å². The first kappa shape index (κ1) is 16.7. The highest BCUT2D eigenvalue weighted by molar-refractivity contribution is 5.93. The van der Waals surface area contributed by atoms with Crippen LogP contribution >= 0.6 is 0 Å². The van der Waals surface area contributed by atoms with Gasteiger partial charge in [-0.25, -0.2) is 0 Å². The molecule has 1 heterocycles. The van der Waals surface area contributed by atoms with Crippen molar-refractivity contribution in [3.05, 3.63) is 11.1 Å². The van der Waals surface area contributed by atoms with Crippen molar-refractivity contribution >= 4 is 11.9 Å². The van der Waals surface area contributed by atoms with Crippen LogP contribution in [-0.4, -0.2) is 36.6 Å². The molecule has 3 N–H and O–H groups in total. The van der Waals surface area contributed by atoms with E-state index in [4.69, 9.17) is 5.11 Å². The van der Waals surface area contributed by atoms with Crippen molar-refractivity contribution in [2.75, 3.05) is 19.6 Å². The highest BCUT2D eigenvalue weighted by atomic mass is 16.4. The smallest absolute Gasteiger partial charge is 0.303 e. The first-order valence-electron chi connectivity index (χ1n) is 7.44. The number of hydrogen-bond donors (Lipinski definition) is 3. The third-order valence-electron chi connectivity index (χ3n) is 3.85. The van der Waals surface area contributed by atoms with Gasteiger partial charge in [0, 0.05) is 31.6 Å². The molecule has 5 heteroatoms. The Hall–Kier alpha value is -1.36. The van der Waals surface area contributed by atoms with Crippen LogP contribution in [0.2, 0.25) is 0 Å². The van der Waals surface area contributed by atoms with Crippen LogP contribution in [0.5, 0.6) is 0 Å². The number of carboxylic acid groups (broad SMARTS) is 1. The van der Waals surface area contributed by atoms with Gasteiger partial charge < -0.3 is 15.7 Å². The van der Waals surface area contributed by atoms with Gasteiger partial charge in [0.2, 0.25) is 5.91 Å². The molecule has 0 aromatic carbocycles. The summed E-state index contributed by atoms with van der Waals surface area (Å²) in [6, 6.07) is 0. The Morgan fingerprint density at radius 2 is 2.00 bits per heavy atom. The van der Waals surface area contributed by atoms with Crippen molar-refractivity contribution in [2.45, 2.75) is 46.0 Å². The maximum atomic E-state index is 11.9. The van der Waals surface area contributed by atoms with Crippen molar-refractivity contribution in [3.63, 3.8) is 0 Å². The van der Waals surface area contributed by atoms with E-state index in [1.807, 2.05) is 6.92 Å². The Balaban J connectivity index is 2.28. The molecular weight excluding hydrogens is 256 g/mol. The molecule has 0 aromatic heterocycles. The van der Waals surface area contributed by atoms with E-state index < -0.39 is 5.97 Å². The summed E-state index contributed by atoms with van der Waals surface area (Å²) in [5, 5.41) is 14.8. The van der Waals surface area contributed by atoms with Crippen molar-refractivity contribution in [1.29, 1.82) is 0 Å². The first-order valence-corrected chi connectivity index (χ1v) is 7.44. The van der Waals surface area contributed by atoms with E-state index in [0.717, 1.165) is 37.9 Å². The minimum atomic E-state index is -0.742. The van der Waals surface area contributed by atoms with Crippen LogP contribution in [0.4, 0.5) is 0 Å². The van der Waals surface area contributed by atoms with Gasteiger partial charge in [0.25, 0.3) is 0 Å². The first-order chi connectivity index (χ1) is 9.54. The number of carboxylic acids is 1. The molecule has 1 saturated heterocycles. The van der Waals surface area contributed by atoms with Crippen molar-refractivity contribution in [2.24, 2.45) is 5.92 Å². The van der Waals surface area contributed by atoms with Gasteiger partial charge in [-0.2, -0.15) is 0 Å². The number of aliphatic carboxylic acids is 1. The van der Waals surface area contributed by atoms with Crippen LogP contribution in [0.25, 0.3) is 0 Å². The molecule has 1 aliphatic heterocycles. The largest absolute Gasteiger partial charge is 0.481 e. The summed E-state index contributed by atoms with van der Waals surface area (Å²) in [5.74, 6) is -0.349. The predicted octanol–water partition coefficient (Wildman–Crippen LogP) is 1.69. The Bertz CT molecular complexity index is 371. The van der Waals surface area contributed by atoms with E-state index in [2.05, 4.69) is 17.6 Å². The van der Waals surface area contributed by atoms with E-state index in [9.17, 15) is 9.59 Å². The van der Waals surface area contributed by atoms with E-state index >= 15 is 0 Å². The average molecular weight is 282 g/mol. The number of carbonyl (C=O) groups excluding carboxylic acids is 1. The maximum absolute atomic E-state index is 11.9. The molecule has 1 atom stereocenters. The van der Waals surface area contributed by atoms with E-state index in [1.54, 1.807) is 0 Å². The number of rotatable bonds is 9. The lowest BCUT2D eigenvalue weighted by Crippen LogP contribution is -2.38. The lowest BCUT2D eigenvalue weighted by atomic mass is 9.94. The summed E-state index contributed by atoms with van der Waals surface area (Å²) >= 11 is 0. The van der Waals surface area contributed by atoms with Crippen LogP contribution in [0.3, 0.4) is 0 Å². The molecule has 0 spiro atoms. The van der Waals surface area contributed by atoms with Crippen LogP contribution in [0.1, 0.15) is 46.0 Å². The molecule has 5 nitrogen and oxygen atoms in total. The second-order valence-electron chi connectivity index (χ2n) is 5.46. The van der Waals surface area contributed by atoms with Crippen LogP contribution in [0.15, 0.2) is 11.1 Å². The van der Waals surface area contributed by atoms with Gasteiger partial charge in [-0.3, -0.25) is 9.59 Å². The number of nitrogens with one attached hydrogen (secondary N) is 2. The van der Waals surface area contributed by atoms with Crippen molar-refractivity contribution < 1.29 is 14.7 Å². The zero-order valence-electron chi connectivity index (χ0n) is 12.5. The predicted molar refractivity (Wildman–Crippen MR) is 78.5 cm³/mol. The SMILES string of the molecule is CCCC(CCNC(=O)C(C)=C1CNC1)CCC(=O)O. The Kier molecular flexibility index (Phi) is 7.30. The Morgan fingerprint density at radius 3 is 2.50 bits per heavy atom. The quantitative estimate of drug-likeness (QED) is 0.562. The van der Waals surface area contributed by atoms with E-state index in [0.29, 0.717) is 18.9 Å². The second-order valence-corrected chi connectivity index (χ2v) is 5.46. The summed E-state index contributed by atoms with van der Waals surface area (Å²) in [7, 11) is 0. The molecule has 1 amide bonds. The van der Waals surface area contributed by atoms with Gasteiger partial charge >= 0.3 is 5.97 Å². The molecule has 0 bridgehead atoms. The zero-order valence-corrected chi connectivity index (χ0v) is 12.5. The Morgan fingerprint density at radius 1 is 1.30 bits per heavy atom. The minimum Gasteiger partial charge on any atom is -0.481 e. The standard InChI is InChI=1S/C15H26N2O3/c1-3-4-12(5-6-14(18)19)7-8-17-15(20)11(2)13-9-16-10-13/h12,16H,3-10H2,1-2H3,(H,17,20)(H,18,19). The Labute approximate surface area is 120 Å². The molecule has 1 unspecified atom stereocenters. The fourth-order valence-electron chi connectivity index (χ4n) is 2.37. The summed E-state index contributed by atoms with van der Waals surface area (Å²) in [4.78, 5) is 22.5. The number of amides is 1. The molecule has 114 valence electrons. The lowest BCUT2D eigenvalue weighted by molar-refractivity contribution is -0.137. The molecule has 20 heavy (non-hydrogen) atoms. The summed E-state index contributed by atoms with van der Waals surface area (Å²) in [5.41, 5.74) is 2.00. The maximum Gasteiger partial charge on any atom is 0.303 e. The van der Waals surface area contributed by atoms with Crippen LogP contribution in [-0.2, 0) is 9.59 Å². The topological polar surface area (TPSA) is 78.4 Å². The van der Waals surface area contributed by atoms with Gasteiger partial charge in [0.15, 0.2) is 0 Å². The lowest BCUT2D eigenvalue weighted by Gasteiger charge is -2.22. The molecule has 1 fully saturated rings. The van der Waals surface area contributed by atoms with Crippen LogP contribution < -0.4 is 10.6 Å². The summed E-state index contributed by atoms with van der Waals surface area (Å²) in [6.07, 6.45) is 3.84. The third-order valence-corrected chi connectivity index (χ3v) is 3.85. The molecule has 0 radical (unpaired) electrons. The monoisotopic (exact) mass is 282 g/mol. The normalized spacial score (nSPS) is 15.4. The van der Waals surface area contributed by atoms with Gasteiger partial charge in [0.05, 0.1) is 0 Å². The number of carbonyl (C=O) groups is 2. The van der Waals surface area contributed by atoms with Gasteiger partial charge in [-0.15, -0.1) is 0 Å². The molecular formula is C15H26N2O3. The average Bonchev–Trinajstić information content (AvgIpc) is 2.33. The summed E-state index contributed by atoms with van der Waals surface area (Å²) < 4.78 is 0. The van der Waals surface area contributed by atoms with Crippen LogP contribution in [0, 0.1) is 5.92 Å². The molecule has 1 rings (SSSR count). The highest BCUT2D eigenvalue weighted by Gasteiger charge is 2.16. The van der Waals surface area contributed by atoms with E-state index in [-0.39, 0.29) is 12.3 Å². The minimum absolute atomic E-state index is 0.00924. The summed E-state index contributed by atoms with van der Waals surface area (Å²) in [6.45, 7) is 6.22. The van der Waals surface area contributed by atoms with Crippen molar-refractivity contribution in [1.82, 2.24) is 10.6 Å². The van der Waals surface area contributed by atoms with Gasteiger partial charge in [0.1, 0.15) is 0 Å². The van der Waals surface area contributed by atoms with E-state index in [1.165, 1.54) is 5.57 Å². The molecule has 0 saturated carbocycles. The molecule has 1 aliphatic rings.